The number of esters is 1. The molecular formula is C22H29NO5. The molecule has 0 aromatic heterocycles. The van der Waals surface area contributed by atoms with E-state index < -0.39 is 17.1 Å². The van der Waals surface area contributed by atoms with Crippen molar-refractivity contribution < 1.29 is 24.2 Å². The average Bonchev–Trinajstić information content (AvgIpc) is 2.64. The molecule has 2 unspecified atom stereocenters. The summed E-state index contributed by atoms with van der Waals surface area (Å²) in [6, 6.07) is 7.47. The van der Waals surface area contributed by atoms with E-state index in [-0.39, 0.29) is 11.9 Å². The van der Waals surface area contributed by atoms with Gasteiger partial charge in [0, 0.05) is 12.1 Å². The molecule has 0 heterocycles. The summed E-state index contributed by atoms with van der Waals surface area (Å²) >= 11 is 0. The number of methoxy groups -OCH3 is 1. The Morgan fingerprint density at radius 1 is 1.21 bits per heavy atom. The zero-order chi connectivity index (χ0) is 19.9. The minimum Gasteiger partial charge on any atom is -0.496 e. The Kier molecular flexibility index (Phi) is 4.86. The van der Waals surface area contributed by atoms with Crippen LogP contribution in [0.5, 0.6) is 5.75 Å². The molecule has 0 saturated heterocycles. The molecule has 4 fully saturated rings. The third-order valence-electron chi connectivity index (χ3n) is 6.76. The fraction of sp³-hybridized carbons (Fsp3) is 0.636. The van der Waals surface area contributed by atoms with Crippen molar-refractivity contribution in [3.8, 4) is 5.75 Å². The first-order valence-corrected chi connectivity index (χ1v) is 10.2. The van der Waals surface area contributed by atoms with Crippen molar-refractivity contribution in [1.82, 2.24) is 5.32 Å². The lowest BCUT2D eigenvalue weighted by atomic mass is 9.48. The number of benzene rings is 1. The lowest BCUT2D eigenvalue weighted by Crippen LogP contribution is -2.59. The molecule has 0 spiro atoms. The maximum atomic E-state index is 13.0. The van der Waals surface area contributed by atoms with Gasteiger partial charge in [-0.15, -0.1) is 0 Å². The number of aliphatic hydroxyl groups is 1. The summed E-state index contributed by atoms with van der Waals surface area (Å²) < 4.78 is 10.9. The van der Waals surface area contributed by atoms with Gasteiger partial charge in [-0.25, -0.2) is 0 Å². The molecule has 4 saturated carbocycles. The molecule has 0 radical (unpaired) electrons. The first-order valence-electron chi connectivity index (χ1n) is 10.2. The summed E-state index contributed by atoms with van der Waals surface area (Å²) in [5, 5.41) is 13.6. The Balaban J connectivity index is 1.36. The van der Waals surface area contributed by atoms with Crippen molar-refractivity contribution >= 4 is 11.9 Å². The molecule has 1 amide bonds. The summed E-state index contributed by atoms with van der Waals surface area (Å²) in [6.07, 6.45) is 3.86. The van der Waals surface area contributed by atoms with E-state index in [4.69, 9.17) is 9.47 Å². The minimum absolute atomic E-state index is 0.305. The van der Waals surface area contributed by atoms with Crippen molar-refractivity contribution in [2.24, 2.45) is 17.3 Å². The fourth-order valence-corrected chi connectivity index (χ4v) is 5.97. The average molecular weight is 387 g/mol. The summed E-state index contributed by atoms with van der Waals surface area (Å²) in [6.45, 7) is 1.91. The van der Waals surface area contributed by atoms with Crippen molar-refractivity contribution in [3.63, 3.8) is 0 Å². The number of rotatable bonds is 6. The smallest absolute Gasteiger partial charge is 0.312 e. The predicted octanol–water partition coefficient (Wildman–Crippen LogP) is 2.57. The zero-order valence-corrected chi connectivity index (χ0v) is 16.6. The van der Waals surface area contributed by atoms with Gasteiger partial charge in [-0.05, 0) is 63.4 Å². The summed E-state index contributed by atoms with van der Waals surface area (Å²) in [5.41, 5.74) is -0.478. The lowest BCUT2D eigenvalue weighted by Gasteiger charge is -2.58. The topological polar surface area (TPSA) is 84.9 Å². The van der Waals surface area contributed by atoms with E-state index in [0.29, 0.717) is 30.6 Å². The van der Waals surface area contributed by atoms with E-state index in [1.165, 1.54) is 0 Å². The number of hydrogen-bond donors (Lipinski definition) is 2. The standard InChI is InChI=1S/C22H29NO5/c1-14(19(24)23-12-17-5-3-4-6-18(17)27-2)28-20(25)21-8-15-7-16(9-21)11-22(26,10-15)13-21/h3-6,14-16,26H,7-13H2,1-2H3,(H,23,24)/t14-,15-,16+,21?,22?/m1/s1. The van der Waals surface area contributed by atoms with Gasteiger partial charge in [-0.1, -0.05) is 18.2 Å². The molecular weight excluding hydrogens is 358 g/mol. The normalized spacial score (nSPS) is 34.0. The quantitative estimate of drug-likeness (QED) is 0.733. The number of carbonyl (C=O) groups is 2. The van der Waals surface area contributed by atoms with E-state index in [1.807, 2.05) is 24.3 Å². The van der Waals surface area contributed by atoms with Gasteiger partial charge in [0.1, 0.15) is 5.75 Å². The summed E-state index contributed by atoms with van der Waals surface area (Å²) in [7, 11) is 1.59. The monoisotopic (exact) mass is 387 g/mol. The van der Waals surface area contributed by atoms with E-state index >= 15 is 0 Å². The van der Waals surface area contributed by atoms with Crippen molar-refractivity contribution in [1.29, 1.82) is 0 Å². The Hall–Kier alpha value is -2.08. The van der Waals surface area contributed by atoms with Crippen molar-refractivity contribution in [2.45, 2.75) is 63.7 Å². The summed E-state index contributed by atoms with van der Waals surface area (Å²) in [5.74, 6) is 0.846. The molecule has 28 heavy (non-hydrogen) atoms. The van der Waals surface area contributed by atoms with E-state index in [9.17, 15) is 14.7 Å². The maximum absolute atomic E-state index is 13.0. The van der Waals surface area contributed by atoms with Crippen LogP contribution >= 0.6 is 0 Å². The molecule has 5 atom stereocenters. The number of para-hydroxylation sites is 1. The molecule has 6 heteroatoms. The molecule has 4 aliphatic rings. The molecule has 4 bridgehead atoms. The Morgan fingerprint density at radius 3 is 2.54 bits per heavy atom. The highest BCUT2D eigenvalue weighted by atomic mass is 16.5. The van der Waals surface area contributed by atoms with Crippen molar-refractivity contribution in [2.75, 3.05) is 7.11 Å². The van der Waals surface area contributed by atoms with E-state index in [2.05, 4.69) is 5.32 Å². The van der Waals surface area contributed by atoms with Gasteiger partial charge in [-0.2, -0.15) is 0 Å². The highest BCUT2D eigenvalue weighted by Gasteiger charge is 2.61. The fourth-order valence-electron chi connectivity index (χ4n) is 5.97. The van der Waals surface area contributed by atoms with Gasteiger partial charge in [0.2, 0.25) is 0 Å². The van der Waals surface area contributed by atoms with Crippen LogP contribution in [0.2, 0.25) is 0 Å². The Morgan fingerprint density at radius 2 is 1.89 bits per heavy atom. The van der Waals surface area contributed by atoms with Gasteiger partial charge >= 0.3 is 5.97 Å². The van der Waals surface area contributed by atoms with E-state index in [1.54, 1.807) is 14.0 Å². The lowest BCUT2D eigenvalue weighted by molar-refractivity contribution is -0.200. The molecule has 2 N–H and O–H groups in total. The molecule has 152 valence electrons. The number of carbonyl (C=O) groups excluding carboxylic acids is 2. The third kappa shape index (κ3) is 3.50. The molecule has 1 aromatic rings. The van der Waals surface area contributed by atoms with Crippen LogP contribution in [0.3, 0.4) is 0 Å². The second kappa shape index (κ2) is 7.07. The first kappa shape index (κ1) is 19.2. The molecule has 5 rings (SSSR count). The van der Waals surface area contributed by atoms with Gasteiger partial charge in [-0.3, -0.25) is 9.59 Å². The molecule has 4 aliphatic carbocycles. The van der Waals surface area contributed by atoms with E-state index in [0.717, 1.165) is 37.7 Å². The van der Waals surface area contributed by atoms with Gasteiger partial charge in [0.15, 0.2) is 6.10 Å². The van der Waals surface area contributed by atoms with Crippen LogP contribution in [-0.4, -0.2) is 35.8 Å². The van der Waals surface area contributed by atoms with Crippen LogP contribution < -0.4 is 10.1 Å². The molecule has 1 aromatic carbocycles. The molecule has 6 nitrogen and oxygen atoms in total. The SMILES string of the molecule is COc1ccccc1CNC(=O)[C@@H](C)OC(=O)C12C[C@@H]3C[C@@H](CC(O)(C3)C1)C2. The van der Waals surface area contributed by atoms with Crippen LogP contribution in [0.25, 0.3) is 0 Å². The van der Waals surface area contributed by atoms with Gasteiger partial charge < -0.3 is 19.9 Å². The highest BCUT2D eigenvalue weighted by molar-refractivity contribution is 5.85. The van der Waals surface area contributed by atoms with Gasteiger partial charge in [0.25, 0.3) is 5.91 Å². The Bertz CT molecular complexity index is 762. The highest BCUT2D eigenvalue weighted by Crippen LogP contribution is 2.62. The van der Waals surface area contributed by atoms with Crippen LogP contribution in [0.1, 0.15) is 51.0 Å². The third-order valence-corrected chi connectivity index (χ3v) is 6.76. The Labute approximate surface area is 165 Å². The number of hydrogen-bond acceptors (Lipinski definition) is 5. The second-order valence-electron chi connectivity index (χ2n) is 9.04. The van der Waals surface area contributed by atoms with Gasteiger partial charge in [0.05, 0.1) is 18.1 Å². The number of ether oxygens (including phenoxy) is 2. The number of amides is 1. The van der Waals surface area contributed by atoms with Crippen LogP contribution in [0.15, 0.2) is 24.3 Å². The predicted molar refractivity (Wildman–Crippen MR) is 102 cm³/mol. The summed E-state index contributed by atoms with van der Waals surface area (Å²) in [4.78, 5) is 25.5. The zero-order valence-electron chi connectivity index (χ0n) is 16.6. The second-order valence-corrected chi connectivity index (χ2v) is 9.04. The molecule has 0 aliphatic heterocycles. The maximum Gasteiger partial charge on any atom is 0.312 e. The largest absolute Gasteiger partial charge is 0.496 e. The van der Waals surface area contributed by atoms with Crippen molar-refractivity contribution in [3.05, 3.63) is 29.8 Å². The van der Waals surface area contributed by atoms with Crippen LogP contribution in [-0.2, 0) is 20.9 Å². The van der Waals surface area contributed by atoms with Crippen LogP contribution in [0.4, 0.5) is 0 Å². The van der Waals surface area contributed by atoms with Crippen LogP contribution in [0, 0.1) is 17.3 Å². The first-order chi connectivity index (χ1) is 13.3. The minimum atomic E-state index is -0.871. The number of nitrogens with one attached hydrogen (secondary N) is 1.